The van der Waals surface area contributed by atoms with Crippen molar-refractivity contribution in [3.05, 3.63) is 60.2 Å². The molecule has 0 fully saturated rings. The second-order valence-electron chi connectivity index (χ2n) is 7.05. The van der Waals surface area contributed by atoms with Crippen molar-refractivity contribution in [2.24, 2.45) is 0 Å². The van der Waals surface area contributed by atoms with Crippen LogP contribution in [0.4, 0.5) is 11.6 Å². The van der Waals surface area contributed by atoms with E-state index >= 15 is 0 Å². The average molecular weight is 491 g/mol. The molecule has 1 heterocycles. The van der Waals surface area contributed by atoms with Gasteiger partial charge < -0.3 is 19.9 Å². The van der Waals surface area contributed by atoms with Gasteiger partial charge in [-0.2, -0.15) is 0 Å². The highest BCUT2D eigenvalue weighted by Crippen LogP contribution is 2.30. The van der Waals surface area contributed by atoms with Gasteiger partial charge in [0.1, 0.15) is 28.0 Å². The molecule has 0 spiro atoms. The normalized spacial score (nSPS) is 12.1. The van der Waals surface area contributed by atoms with Gasteiger partial charge in [0.2, 0.25) is 0 Å². The van der Waals surface area contributed by atoms with Crippen LogP contribution in [0.25, 0.3) is 0 Å². The first-order valence-corrected chi connectivity index (χ1v) is 12.5. The maximum atomic E-state index is 13.2. The van der Waals surface area contributed by atoms with Crippen molar-refractivity contribution in [1.82, 2.24) is 9.97 Å². The lowest BCUT2D eigenvalue weighted by atomic mass is 10.2. The monoisotopic (exact) mass is 490 g/mol. The van der Waals surface area contributed by atoms with E-state index in [0.29, 0.717) is 22.5 Å². The first-order valence-electron chi connectivity index (χ1n) is 10.0. The van der Waals surface area contributed by atoms with E-state index in [0.717, 1.165) is 5.56 Å². The molecule has 3 N–H and O–H groups in total. The van der Waals surface area contributed by atoms with E-state index in [-0.39, 0.29) is 29.1 Å². The minimum absolute atomic E-state index is 0.0816. The van der Waals surface area contributed by atoms with E-state index in [2.05, 4.69) is 20.0 Å². The summed E-state index contributed by atoms with van der Waals surface area (Å²) in [5.74, 6) is 1.62. The summed E-state index contributed by atoms with van der Waals surface area (Å²) >= 11 is 1.37. The summed E-state index contributed by atoms with van der Waals surface area (Å²) in [4.78, 5) is 8.74. The number of hydrogen-bond acceptors (Lipinski definition) is 9. The Kier molecular flexibility index (Phi) is 8.37. The van der Waals surface area contributed by atoms with Gasteiger partial charge in [-0.25, -0.2) is 18.4 Å². The summed E-state index contributed by atoms with van der Waals surface area (Å²) in [6, 6.07) is 15.5. The number of rotatable bonds is 11. The molecule has 0 aliphatic rings. The Morgan fingerprint density at radius 2 is 1.76 bits per heavy atom. The smallest absolute Gasteiger partial charge is 0.266 e. The Morgan fingerprint density at radius 3 is 2.42 bits per heavy atom. The summed E-state index contributed by atoms with van der Waals surface area (Å²) < 4.78 is 39.2. The van der Waals surface area contributed by atoms with Crippen LogP contribution in [0.3, 0.4) is 0 Å². The molecule has 3 rings (SSSR count). The molecule has 0 saturated heterocycles. The summed E-state index contributed by atoms with van der Waals surface area (Å²) in [7, 11) is -1.21. The lowest BCUT2D eigenvalue weighted by molar-refractivity contribution is 0.281. The number of aliphatic hydroxyl groups excluding tert-OH is 1. The fourth-order valence-corrected chi connectivity index (χ4v) is 4.81. The highest BCUT2D eigenvalue weighted by molar-refractivity contribution is 7.98. The molecule has 0 aliphatic heterocycles. The van der Waals surface area contributed by atoms with E-state index in [1.54, 1.807) is 13.0 Å². The molecule has 1 atom stereocenters. The summed E-state index contributed by atoms with van der Waals surface area (Å²) in [6.45, 7) is 1.67. The zero-order valence-corrected chi connectivity index (χ0v) is 20.1. The van der Waals surface area contributed by atoms with Crippen molar-refractivity contribution >= 4 is 33.4 Å². The fraction of sp³-hybridized carbons (Fsp3) is 0.273. The van der Waals surface area contributed by atoms with Crippen LogP contribution in [-0.2, 0) is 15.8 Å². The Hall–Kier alpha value is -3.02. The molecular formula is C22H26N4O5S2. The predicted molar refractivity (Wildman–Crippen MR) is 129 cm³/mol. The molecule has 0 bridgehead atoms. The first-order chi connectivity index (χ1) is 15.8. The molecule has 1 aromatic heterocycles. The lowest BCUT2D eigenvalue weighted by Crippen LogP contribution is -2.21. The van der Waals surface area contributed by atoms with Crippen molar-refractivity contribution in [3.8, 4) is 11.5 Å². The van der Waals surface area contributed by atoms with Gasteiger partial charge in [-0.1, -0.05) is 42.1 Å². The molecule has 0 saturated carbocycles. The van der Waals surface area contributed by atoms with E-state index < -0.39 is 10.0 Å². The molecule has 0 unspecified atom stereocenters. The van der Waals surface area contributed by atoms with Crippen molar-refractivity contribution in [2.45, 2.75) is 28.8 Å². The topological polar surface area (TPSA) is 123 Å². The minimum Gasteiger partial charge on any atom is -0.497 e. The van der Waals surface area contributed by atoms with E-state index in [9.17, 15) is 13.5 Å². The number of sulfonamides is 1. The molecule has 0 aliphatic carbocycles. The van der Waals surface area contributed by atoms with Gasteiger partial charge in [0.15, 0.2) is 5.16 Å². The second kappa shape index (κ2) is 11.2. The van der Waals surface area contributed by atoms with Gasteiger partial charge >= 0.3 is 0 Å². The van der Waals surface area contributed by atoms with Crippen molar-refractivity contribution < 1.29 is 23.0 Å². The van der Waals surface area contributed by atoms with Crippen LogP contribution in [0.5, 0.6) is 11.5 Å². The molecule has 9 nitrogen and oxygen atoms in total. The van der Waals surface area contributed by atoms with Crippen LogP contribution < -0.4 is 19.5 Å². The molecular weight excluding hydrogens is 464 g/mol. The number of hydrogen-bond donors (Lipinski definition) is 3. The van der Waals surface area contributed by atoms with Gasteiger partial charge in [-0.15, -0.1) is 0 Å². The van der Waals surface area contributed by atoms with Crippen LogP contribution >= 0.6 is 11.8 Å². The summed E-state index contributed by atoms with van der Waals surface area (Å²) in [5, 5.41) is 12.8. The van der Waals surface area contributed by atoms with Gasteiger partial charge in [-0.3, -0.25) is 4.72 Å². The number of methoxy groups -OCH3 is 2. The predicted octanol–water partition coefficient (Wildman–Crippen LogP) is 3.38. The number of nitrogens with one attached hydrogen (secondary N) is 2. The molecule has 0 radical (unpaired) electrons. The van der Waals surface area contributed by atoms with Gasteiger partial charge in [0.25, 0.3) is 10.0 Å². The Labute approximate surface area is 197 Å². The number of nitrogens with zero attached hydrogens (tertiary/aromatic N) is 2. The minimum atomic E-state index is -4.06. The highest BCUT2D eigenvalue weighted by Gasteiger charge is 2.22. The Morgan fingerprint density at radius 1 is 1.03 bits per heavy atom. The summed E-state index contributed by atoms with van der Waals surface area (Å²) in [5.41, 5.74) is 1.08. The van der Waals surface area contributed by atoms with Crippen LogP contribution in [0, 0.1) is 0 Å². The SMILES string of the molecule is COc1ccc(OC)c(S(=O)(=O)Nc2cc(N[C@H](C)CO)nc(SCc3ccccc3)n2)c1. The Balaban J connectivity index is 1.92. The average Bonchev–Trinajstić information content (AvgIpc) is 2.82. The van der Waals surface area contributed by atoms with Crippen LogP contribution in [0.2, 0.25) is 0 Å². The standard InChI is InChI=1S/C22H26N4O5S2/c1-15(13-27)23-20-12-21(25-22(24-20)32-14-16-7-5-4-6-8-16)26-33(28,29)19-11-17(30-2)9-10-18(19)31-3/h4-12,15,27H,13-14H2,1-3H3,(H2,23,24,25,26)/t15-/m1/s1. The van der Waals surface area contributed by atoms with E-state index in [1.807, 2.05) is 30.3 Å². The molecule has 176 valence electrons. The van der Waals surface area contributed by atoms with Crippen LogP contribution in [0.1, 0.15) is 12.5 Å². The number of aliphatic hydroxyl groups is 1. The number of thioether (sulfide) groups is 1. The van der Waals surface area contributed by atoms with Gasteiger partial charge in [-0.05, 0) is 24.6 Å². The largest absolute Gasteiger partial charge is 0.497 e. The second-order valence-corrected chi connectivity index (χ2v) is 9.64. The molecule has 33 heavy (non-hydrogen) atoms. The lowest BCUT2D eigenvalue weighted by Gasteiger charge is -2.15. The molecule has 3 aromatic rings. The first kappa shape index (κ1) is 24.6. The maximum absolute atomic E-state index is 13.2. The third-order valence-corrected chi connectivity index (χ3v) is 6.78. The number of benzene rings is 2. The fourth-order valence-electron chi connectivity index (χ4n) is 2.82. The van der Waals surface area contributed by atoms with Crippen molar-refractivity contribution in [2.75, 3.05) is 30.9 Å². The third kappa shape index (κ3) is 6.73. The van der Waals surface area contributed by atoms with Crippen molar-refractivity contribution in [1.29, 1.82) is 0 Å². The third-order valence-electron chi connectivity index (χ3n) is 4.48. The number of anilines is 2. The maximum Gasteiger partial charge on any atom is 0.266 e. The van der Waals surface area contributed by atoms with E-state index in [1.165, 1.54) is 44.2 Å². The molecule has 0 amide bonds. The van der Waals surface area contributed by atoms with Crippen molar-refractivity contribution in [3.63, 3.8) is 0 Å². The number of aromatic nitrogens is 2. The van der Waals surface area contributed by atoms with E-state index in [4.69, 9.17) is 9.47 Å². The highest BCUT2D eigenvalue weighted by atomic mass is 32.2. The summed E-state index contributed by atoms with van der Waals surface area (Å²) in [6.07, 6.45) is 0. The Bertz CT molecular complexity index is 1180. The van der Waals surface area contributed by atoms with Gasteiger partial charge in [0.05, 0.1) is 20.8 Å². The zero-order chi connectivity index (χ0) is 23.8. The molecule has 2 aromatic carbocycles. The van der Waals surface area contributed by atoms with Gasteiger partial charge in [0, 0.05) is 23.9 Å². The number of ether oxygens (including phenoxy) is 2. The zero-order valence-electron chi connectivity index (χ0n) is 18.5. The quantitative estimate of drug-likeness (QED) is 0.274. The van der Waals surface area contributed by atoms with Crippen LogP contribution in [0.15, 0.2) is 64.6 Å². The molecule has 11 heteroatoms. The van der Waals surface area contributed by atoms with Crippen LogP contribution in [-0.4, -0.2) is 50.4 Å².